The van der Waals surface area contributed by atoms with Gasteiger partial charge in [-0.25, -0.2) is 0 Å². The maximum absolute atomic E-state index is 13.7. The molecule has 0 aromatic heterocycles. The van der Waals surface area contributed by atoms with Crippen LogP contribution in [0.3, 0.4) is 0 Å². The molecule has 0 radical (unpaired) electrons. The van der Waals surface area contributed by atoms with Crippen molar-refractivity contribution >= 4 is 0 Å². The normalized spacial score (nSPS) is 21.4. The lowest BCUT2D eigenvalue weighted by atomic mass is 9.74. The quantitative estimate of drug-likeness (QED) is 0.207. The average Bonchev–Trinajstić information content (AvgIpc) is 3.00. The first-order valence-electron chi connectivity index (χ1n) is 16.5. The van der Waals surface area contributed by atoms with Crippen molar-refractivity contribution in [1.29, 1.82) is 0 Å². The number of ether oxygens (including phenoxy) is 3. The Morgan fingerprint density at radius 3 is 1.23 bits per heavy atom. The maximum Gasteiger partial charge on any atom is 0.426 e. The summed E-state index contributed by atoms with van der Waals surface area (Å²) in [6, 6.07) is 0. The average molecular weight is 735 g/mol. The van der Waals surface area contributed by atoms with E-state index in [4.69, 9.17) is 9.84 Å². The van der Waals surface area contributed by atoms with Gasteiger partial charge in [0, 0.05) is 5.92 Å². The van der Waals surface area contributed by atoms with Crippen molar-refractivity contribution in [2.75, 3.05) is 13.2 Å². The molecule has 0 amide bonds. The highest BCUT2D eigenvalue weighted by Crippen LogP contribution is 2.54. The first-order chi connectivity index (χ1) is 22.0. The zero-order chi connectivity index (χ0) is 38.2. The highest BCUT2D eigenvalue weighted by Gasteiger charge is 2.75. The lowest BCUT2D eigenvalue weighted by Crippen LogP contribution is -2.64. The van der Waals surface area contributed by atoms with Crippen molar-refractivity contribution in [3.05, 3.63) is 0 Å². The van der Waals surface area contributed by atoms with E-state index in [-0.39, 0.29) is 57.7 Å². The Morgan fingerprint density at radius 2 is 0.896 bits per heavy atom. The molecule has 48 heavy (non-hydrogen) atoms. The fourth-order valence-corrected chi connectivity index (χ4v) is 5.03. The molecule has 2 aliphatic rings. The molecule has 2 N–H and O–H groups in total. The molecule has 0 spiro atoms. The van der Waals surface area contributed by atoms with Gasteiger partial charge in [0.15, 0.2) is 0 Å². The second-order valence-electron chi connectivity index (χ2n) is 11.4. The standard InChI is InChI=1S/C19H30F6O3.C8H12F6O2.2C2H6/c1-2-14(26)12-27-17(18(20,21)22,19(23,24)25)13-8-10-16(11-9-13)28-15-6-4-3-5-7-15;1-3-5(15)4-16-6(2,7(9,10)11)8(12,13)14;2*1-2/h13-16,26H,2-12H2,1H3;5,15H,3-4H2,1-2H3;2*1-2H3. The highest BCUT2D eigenvalue weighted by atomic mass is 19.4. The fourth-order valence-electron chi connectivity index (χ4n) is 5.03. The van der Waals surface area contributed by atoms with Crippen molar-refractivity contribution in [1.82, 2.24) is 0 Å². The van der Waals surface area contributed by atoms with E-state index in [1.165, 1.54) is 13.8 Å². The van der Waals surface area contributed by atoms with Crippen LogP contribution in [0.5, 0.6) is 0 Å². The highest BCUT2D eigenvalue weighted by molar-refractivity contribution is 5.03. The SMILES string of the molecule is CC.CC.CCC(O)COC(C)(C(F)(F)F)C(F)(F)F.CCC(O)COC(C1CCC(OC2CCCCC2)CC1)(C(F)(F)F)C(F)(F)F. The lowest BCUT2D eigenvalue weighted by Gasteiger charge is -2.45. The number of aliphatic hydroxyl groups excluding tert-OH is 2. The van der Waals surface area contributed by atoms with Gasteiger partial charge in [-0.15, -0.1) is 0 Å². The van der Waals surface area contributed by atoms with Gasteiger partial charge < -0.3 is 24.4 Å². The van der Waals surface area contributed by atoms with Gasteiger partial charge >= 0.3 is 24.7 Å². The van der Waals surface area contributed by atoms with Crippen LogP contribution < -0.4 is 0 Å². The Bertz CT molecular complexity index is 789. The first-order valence-corrected chi connectivity index (χ1v) is 16.5. The molecule has 2 fully saturated rings. The second-order valence-corrected chi connectivity index (χ2v) is 11.4. The van der Waals surface area contributed by atoms with E-state index in [0.717, 1.165) is 32.1 Å². The van der Waals surface area contributed by atoms with Crippen LogP contribution in [-0.4, -0.2) is 83.7 Å². The van der Waals surface area contributed by atoms with Crippen LogP contribution >= 0.6 is 0 Å². The van der Waals surface area contributed by atoms with Crippen LogP contribution in [0.15, 0.2) is 0 Å². The molecular formula is C31H54F12O5. The molecule has 2 rings (SSSR count). The summed E-state index contributed by atoms with van der Waals surface area (Å²) in [6.07, 6.45) is -20.6. The third-order valence-electron chi connectivity index (χ3n) is 8.12. The summed E-state index contributed by atoms with van der Waals surface area (Å²) >= 11 is 0. The zero-order valence-corrected chi connectivity index (χ0v) is 28.7. The zero-order valence-electron chi connectivity index (χ0n) is 28.7. The van der Waals surface area contributed by atoms with E-state index in [2.05, 4.69) is 9.47 Å². The van der Waals surface area contributed by atoms with Crippen LogP contribution in [-0.2, 0) is 14.2 Å². The second kappa shape index (κ2) is 21.4. The molecule has 2 saturated carbocycles. The number of aliphatic hydroxyl groups is 2. The summed E-state index contributed by atoms with van der Waals surface area (Å²) in [6.45, 7) is 8.74. The van der Waals surface area contributed by atoms with Gasteiger partial charge in [-0.05, 0) is 58.3 Å². The molecule has 2 unspecified atom stereocenters. The van der Waals surface area contributed by atoms with E-state index in [0.29, 0.717) is 0 Å². The van der Waals surface area contributed by atoms with Crippen molar-refractivity contribution in [2.24, 2.45) is 5.92 Å². The van der Waals surface area contributed by atoms with Gasteiger partial charge in [0.2, 0.25) is 0 Å². The summed E-state index contributed by atoms with van der Waals surface area (Å²) < 4.78 is 170. The summed E-state index contributed by atoms with van der Waals surface area (Å²) in [4.78, 5) is 0. The van der Waals surface area contributed by atoms with Gasteiger partial charge in [-0.1, -0.05) is 60.8 Å². The van der Waals surface area contributed by atoms with E-state index in [9.17, 15) is 57.8 Å². The van der Waals surface area contributed by atoms with Gasteiger partial charge in [0.25, 0.3) is 11.2 Å². The van der Waals surface area contributed by atoms with Gasteiger partial charge in [0.1, 0.15) is 0 Å². The molecule has 0 aliphatic heterocycles. The molecule has 2 aliphatic carbocycles. The Labute approximate surface area is 276 Å². The van der Waals surface area contributed by atoms with Gasteiger partial charge in [-0.3, -0.25) is 0 Å². The largest absolute Gasteiger partial charge is 0.426 e. The molecule has 0 heterocycles. The van der Waals surface area contributed by atoms with E-state index < -0.39 is 67.2 Å². The fraction of sp³-hybridized carbons (Fsp3) is 1.00. The van der Waals surface area contributed by atoms with Crippen molar-refractivity contribution < 1.29 is 77.1 Å². The van der Waals surface area contributed by atoms with Gasteiger partial charge in [0.05, 0.1) is 37.6 Å². The Hall–Kier alpha value is -1.04. The minimum atomic E-state index is -5.62. The molecule has 0 bridgehead atoms. The maximum atomic E-state index is 13.7. The summed E-state index contributed by atoms with van der Waals surface area (Å²) in [5.41, 5.74) is -8.51. The summed E-state index contributed by atoms with van der Waals surface area (Å²) in [5, 5.41) is 18.4. The number of hydrogen-bond acceptors (Lipinski definition) is 5. The summed E-state index contributed by atoms with van der Waals surface area (Å²) in [5.74, 6) is -1.75. The first kappa shape index (κ1) is 49.1. The smallest absolute Gasteiger partial charge is 0.391 e. The minimum Gasteiger partial charge on any atom is -0.391 e. The Balaban J connectivity index is 0. The van der Waals surface area contributed by atoms with E-state index in [1.807, 2.05) is 27.7 Å². The Morgan fingerprint density at radius 1 is 0.542 bits per heavy atom. The van der Waals surface area contributed by atoms with Crippen LogP contribution in [0.4, 0.5) is 52.7 Å². The number of halogens is 12. The number of rotatable bonds is 11. The third-order valence-corrected chi connectivity index (χ3v) is 8.12. The molecule has 5 nitrogen and oxygen atoms in total. The Kier molecular flexibility index (Phi) is 21.8. The number of alkyl halides is 12. The topological polar surface area (TPSA) is 68.2 Å². The summed E-state index contributed by atoms with van der Waals surface area (Å²) in [7, 11) is 0. The monoisotopic (exact) mass is 734 g/mol. The minimum absolute atomic E-state index is 0.00575. The van der Waals surface area contributed by atoms with Crippen LogP contribution in [0.2, 0.25) is 0 Å². The predicted molar refractivity (Wildman–Crippen MR) is 156 cm³/mol. The lowest BCUT2D eigenvalue weighted by molar-refractivity contribution is -0.402. The molecule has 17 heteroatoms. The molecular weight excluding hydrogens is 680 g/mol. The molecule has 0 aromatic rings. The van der Waals surface area contributed by atoms with E-state index >= 15 is 0 Å². The predicted octanol–water partition coefficient (Wildman–Crippen LogP) is 10.3. The van der Waals surface area contributed by atoms with E-state index in [1.54, 1.807) is 0 Å². The van der Waals surface area contributed by atoms with Crippen LogP contribution in [0, 0.1) is 5.92 Å². The molecule has 2 atom stereocenters. The van der Waals surface area contributed by atoms with Gasteiger partial charge in [-0.2, -0.15) is 52.7 Å². The molecule has 0 aromatic carbocycles. The van der Waals surface area contributed by atoms with Crippen molar-refractivity contribution in [3.63, 3.8) is 0 Å². The molecule has 0 saturated heterocycles. The third kappa shape index (κ3) is 13.9. The van der Waals surface area contributed by atoms with Crippen LogP contribution in [0.25, 0.3) is 0 Å². The van der Waals surface area contributed by atoms with Crippen LogP contribution in [0.1, 0.15) is 119 Å². The van der Waals surface area contributed by atoms with Crippen molar-refractivity contribution in [2.45, 2.75) is 179 Å². The number of hydrogen-bond donors (Lipinski definition) is 2. The van der Waals surface area contributed by atoms with Crippen molar-refractivity contribution in [3.8, 4) is 0 Å². The molecule has 292 valence electrons.